The van der Waals surface area contributed by atoms with E-state index in [9.17, 15) is 0 Å². The number of aliphatic hydroxyl groups excluding tert-OH is 1. The van der Waals surface area contributed by atoms with E-state index in [2.05, 4.69) is 32.6 Å². The molecule has 0 aromatic heterocycles. The highest BCUT2D eigenvalue weighted by atomic mass is 16.2. The van der Waals surface area contributed by atoms with Crippen molar-refractivity contribution in [3.63, 3.8) is 0 Å². The number of nitrogens with zero attached hydrogens (tertiary/aromatic N) is 1. The monoisotopic (exact) mass is 243 g/mol. The molecule has 0 heterocycles. The molecule has 0 aromatic carbocycles. The smallest absolute Gasteiger partial charge is 0.0431 e. The second kappa shape index (κ2) is 11.0. The molecule has 0 unspecified atom stereocenters. The molecule has 0 aliphatic carbocycles. The molecule has 2 heteroatoms. The summed E-state index contributed by atoms with van der Waals surface area (Å²) in [6.07, 6.45) is 7.21. The summed E-state index contributed by atoms with van der Waals surface area (Å²) < 4.78 is 0. The quantitative estimate of drug-likeness (QED) is 0.560. The Bertz CT molecular complexity index is 155. The van der Waals surface area contributed by atoms with Crippen LogP contribution in [0.5, 0.6) is 0 Å². The second-order valence-electron chi connectivity index (χ2n) is 5.50. The standard InChI is InChI=1S/C15H33NO/c1-5-15(6-2)16(13-14(3)4)11-9-7-8-10-12-17/h14-15,17H,5-13H2,1-4H3. The lowest BCUT2D eigenvalue weighted by atomic mass is 10.1. The minimum absolute atomic E-state index is 0.349. The van der Waals surface area contributed by atoms with E-state index in [-0.39, 0.29) is 0 Å². The summed E-state index contributed by atoms with van der Waals surface area (Å²) in [5.74, 6) is 0.757. The second-order valence-corrected chi connectivity index (χ2v) is 5.50. The van der Waals surface area contributed by atoms with Gasteiger partial charge in [0.2, 0.25) is 0 Å². The van der Waals surface area contributed by atoms with Gasteiger partial charge >= 0.3 is 0 Å². The molecule has 0 aliphatic rings. The van der Waals surface area contributed by atoms with Gasteiger partial charge in [-0.25, -0.2) is 0 Å². The SMILES string of the molecule is CCC(CC)N(CCCCCCO)CC(C)C. The number of hydrogen-bond donors (Lipinski definition) is 1. The van der Waals surface area contributed by atoms with Crippen LogP contribution in [0.25, 0.3) is 0 Å². The minimum atomic E-state index is 0.349. The molecule has 0 spiro atoms. The lowest BCUT2D eigenvalue weighted by Crippen LogP contribution is -2.38. The van der Waals surface area contributed by atoms with Gasteiger partial charge in [-0.2, -0.15) is 0 Å². The van der Waals surface area contributed by atoms with Crippen molar-refractivity contribution in [2.24, 2.45) is 5.92 Å². The summed E-state index contributed by atoms with van der Waals surface area (Å²) in [5.41, 5.74) is 0. The van der Waals surface area contributed by atoms with Gasteiger partial charge in [0.1, 0.15) is 0 Å². The van der Waals surface area contributed by atoms with E-state index in [1.54, 1.807) is 0 Å². The topological polar surface area (TPSA) is 23.5 Å². The molecule has 0 saturated carbocycles. The Labute approximate surface area is 108 Å². The van der Waals surface area contributed by atoms with E-state index in [0.717, 1.165) is 18.4 Å². The summed E-state index contributed by atoms with van der Waals surface area (Å²) in [4.78, 5) is 2.67. The van der Waals surface area contributed by atoms with Crippen molar-refractivity contribution in [1.82, 2.24) is 4.90 Å². The first-order valence-corrected chi connectivity index (χ1v) is 7.50. The first-order valence-electron chi connectivity index (χ1n) is 7.50. The third kappa shape index (κ3) is 8.62. The molecule has 0 atom stereocenters. The van der Waals surface area contributed by atoms with Gasteiger partial charge in [0, 0.05) is 19.2 Å². The molecular formula is C15H33NO. The van der Waals surface area contributed by atoms with Crippen molar-refractivity contribution in [3.8, 4) is 0 Å². The maximum Gasteiger partial charge on any atom is 0.0431 e. The zero-order valence-corrected chi connectivity index (χ0v) is 12.4. The van der Waals surface area contributed by atoms with Gasteiger partial charge in [-0.1, -0.05) is 40.5 Å². The van der Waals surface area contributed by atoms with E-state index in [0.29, 0.717) is 6.61 Å². The Balaban J connectivity index is 3.92. The Morgan fingerprint density at radius 2 is 1.53 bits per heavy atom. The fourth-order valence-corrected chi connectivity index (χ4v) is 2.48. The maximum absolute atomic E-state index is 8.75. The molecule has 0 radical (unpaired) electrons. The highest BCUT2D eigenvalue weighted by Gasteiger charge is 2.15. The zero-order valence-electron chi connectivity index (χ0n) is 12.4. The van der Waals surface area contributed by atoms with Crippen LogP contribution in [0.1, 0.15) is 66.2 Å². The van der Waals surface area contributed by atoms with Crippen molar-refractivity contribution in [2.45, 2.75) is 72.3 Å². The Hall–Kier alpha value is -0.0800. The molecule has 2 nitrogen and oxygen atoms in total. The fourth-order valence-electron chi connectivity index (χ4n) is 2.48. The summed E-state index contributed by atoms with van der Waals surface area (Å²) in [6.45, 7) is 12.0. The van der Waals surface area contributed by atoms with Gasteiger partial charge in [0.25, 0.3) is 0 Å². The molecule has 0 fully saturated rings. The van der Waals surface area contributed by atoms with Crippen molar-refractivity contribution < 1.29 is 5.11 Å². The highest BCUT2D eigenvalue weighted by Crippen LogP contribution is 2.13. The fraction of sp³-hybridized carbons (Fsp3) is 1.00. The van der Waals surface area contributed by atoms with Crippen LogP contribution >= 0.6 is 0 Å². The highest BCUT2D eigenvalue weighted by molar-refractivity contribution is 4.70. The van der Waals surface area contributed by atoms with Crippen LogP contribution in [0, 0.1) is 5.92 Å². The van der Waals surface area contributed by atoms with Crippen LogP contribution in [0.2, 0.25) is 0 Å². The van der Waals surface area contributed by atoms with Crippen molar-refractivity contribution >= 4 is 0 Å². The van der Waals surface area contributed by atoms with Crippen molar-refractivity contribution in [3.05, 3.63) is 0 Å². The molecule has 17 heavy (non-hydrogen) atoms. The molecule has 0 rings (SSSR count). The molecular weight excluding hydrogens is 210 g/mol. The number of unbranched alkanes of at least 4 members (excludes halogenated alkanes) is 3. The third-order valence-electron chi connectivity index (χ3n) is 3.41. The van der Waals surface area contributed by atoms with Gasteiger partial charge in [0.05, 0.1) is 0 Å². The van der Waals surface area contributed by atoms with Crippen LogP contribution < -0.4 is 0 Å². The molecule has 1 N–H and O–H groups in total. The minimum Gasteiger partial charge on any atom is -0.396 e. The van der Waals surface area contributed by atoms with Crippen LogP contribution in [-0.4, -0.2) is 35.7 Å². The van der Waals surface area contributed by atoms with E-state index in [1.807, 2.05) is 0 Å². The Morgan fingerprint density at radius 1 is 0.941 bits per heavy atom. The lowest BCUT2D eigenvalue weighted by molar-refractivity contribution is 0.162. The van der Waals surface area contributed by atoms with E-state index in [1.165, 1.54) is 45.2 Å². The van der Waals surface area contributed by atoms with E-state index >= 15 is 0 Å². The predicted molar refractivity (Wildman–Crippen MR) is 76.3 cm³/mol. The normalized spacial score (nSPS) is 12.0. The first kappa shape index (κ1) is 16.9. The van der Waals surface area contributed by atoms with Gasteiger partial charge in [0.15, 0.2) is 0 Å². The third-order valence-corrected chi connectivity index (χ3v) is 3.41. The predicted octanol–water partition coefficient (Wildman–Crippen LogP) is 3.69. The molecule has 0 aromatic rings. The number of hydrogen-bond acceptors (Lipinski definition) is 2. The summed E-state index contributed by atoms with van der Waals surface area (Å²) in [5, 5.41) is 8.75. The Kier molecular flexibility index (Phi) is 11.0. The van der Waals surface area contributed by atoms with Crippen LogP contribution in [0.15, 0.2) is 0 Å². The first-order chi connectivity index (χ1) is 8.15. The zero-order chi connectivity index (χ0) is 13.1. The molecule has 0 amide bonds. The van der Waals surface area contributed by atoms with Crippen molar-refractivity contribution in [1.29, 1.82) is 0 Å². The summed E-state index contributed by atoms with van der Waals surface area (Å²) in [6, 6.07) is 0.759. The summed E-state index contributed by atoms with van der Waals surface area (Å²) in [7, 11) is 0. The van der Waals surface area contributed by atoms with Gasteiger partial charge in [-0.05, 0) is 38.1 Å². The lowest BCUT2D eigenvalue weighted by Gasteiger charge is -2.32. The summed E-state index contributed by atoms with van der Waals surface area (Å²) >= 11 is 0. The van der Waals surface area contributed by atoms with Crippen LogP contribution in [0.4, 0.5) is 0 Å². The average Bonchev–Trinajstić information content (AvgIpc) is 2.29. The number of rotatable bonds is 11. The average molecular weight is 243 g/mol. The molecule has 0 aliphatic heterocycles. The number of aliphatic hydroxyl groups is 1. The van der Waals surface area contributed by atoms with Crippen LogP contribution in [0.3, 0.4) is 0 Å². The largest absolute Gasteiger partial charge is 0.396 e. The maximum atomic E-state index is 8.75. The van der Waals surface area contributed by atoms with Gasteiger partial charge in [-0.3, -0.25) is 0 Å². The molecule has 0 bridgehead atoms. The van der Waals surface area contributed by atoms with Gasteiger partial charge in [-0.15, -0.1) is 0 Å². The molecule has 0 saturated heterocycles. The Morgan fingerprint density at radius 3 is 2.00 bits per heavy atom. The van der Waals surface area contributed by atoms with Gasteiger partial charge < -0.3 is 10.0 Å². The van der Waals surface area contributed by atoms with Crippen LogP contribution in [-0.2, 0) is 0 Å². The van der Waals surface area contributed by atoms with E-state index in [4.69, 9.17) is 5.11 Å². The molecule has 104 valence electrons. The van der Waals surface area contributed by atoms with Crippen molar-refractivity contribution in [2.75, 3.05) is 19.7 Å². The van der Waals surface area contributed by atoms with E-state index < -0.39 is 0 Å².